The molecular formula is C28H26F4N7O4+. The van der Waals surface area contributed by atoms with Crippen molar-refractivity contribution in [3.8, 4) is 0 Å². The molecule has 0 bridgehead atoms. The number of anilines is 1. The maximum atomic E-state index is 15.6. The summed E-state index contributed by atoms with van der Waals surface area (Å²) >= 11 is 0. The molecule has 0 spiro atoms. The smallest absolute Gasteiger partial charge is 0.379 e. The van der Waals surface area contributed by atoms with Crippen molar-refractivity contribution in [3.63, 3.8) is 0 Å². The minimum Gasteiger partial charge on any atom is -0.379 e. The summed E-state index contributed by atoms with van der Waals surface area (Å²) in [5.74, 6) is 4.71. The van der Waals surface area contributed by atoms with Gasteiger partial charge in [-0.05, 0) is 37.3 Å². The fourth-order valence-electron chi connectivity index (χ4n) is 5.24. The summed E-state index contributed by atoms with van der Waals surface area (Å²) < 4.78 is 65.4. The van der Waals surface area contributed by atoms with Gasteiger partial charge in [-0.3, -0.25) is 14.6 Å². The van der Waals surface area contributed by atoms with E-state index in [0.29, 0.717) is 37.2 Å². The number of amidine groups is 1. The van der Waals surface area contributed by atoms with E-state index >= 15 is 4.39 Å². The molecule has 3 N–H and O–H groups in total. The van der Waals surface area contributed by atoms with Crippen molar-refractivity contribution in [1.82, 2.24) is 9.88 Å². The van der Waals surface area contributed by atoms with Gasteiger partial charge >= 0.3 is 6.18 Å². The van der Waals surface area contributed by atoms with Crippen molar-refractivity contribution in [2.24, 2.45) is 21.2 Å². The number of morpholine rings is 1. The molecule has 2 atom stereocenters. The quantitative estimate of drug-likeness (QED) is 0.308. The Balaban J connectivity index is 1.26. The van der Waals surface area contributed by atoms with Gasteiger partial charge in [0, 0.05) is 18.3 Å². The minimum absolute atomic E-state index is 0.0217. The van der Waals surface area contributed by atoms with Gasteiger partial charge in [0.2, 0.25) is 11.6 Å². The lowest BCUT2D eigenvalue weighted by Gasteiger charge is -2.42. The number of aliphatic imine (C=N–C) groups is 2. The highest BCUT2D eigenvalue weighted by Gasteiger charge is 2.49. The van der Waals surface area contributed by atoms with Crippen molar-refractivity contribution in [2.75, 3.05) is 38.2 Å². The van der Waals surface area contributed by atoms with E-state index in [2.05, 4.69) is 20.3 Å². The molecule has 224 valence electrons. The summed E-state index contributed by atoms with van der Waals surface area (Å²) in [6.45, 7) is 3.38. The van der Waals surface area contributed by atoms with E-state index in [4.69, 9.17) is 15.3 Å². The summed E-state index contributed by atoms with van der Waals surface area (Å²) in [5, 5.41) is 2.25. The molecule has 0 radical (unpaired) electrons. The Kier molecular flexibility index (Phi) is 7.00. The van der Waals surface area contributed by atoms with E-state index in [1.165, 1.54) is 30.7 Å². The first-order valence-corrected chi connectivity index (χ1v) is 13.2. The number of nitrogens with zero attached hydrogens (tertiary/aromatic N) is 5. The zero-order valence-corrected chi connectivity index (χ0v) is 22.8. The minimum atomic E-state index is -4.63. The van der Waals surface area contributed by atoms with Crippen LogP contribution in [0.1, 0.15) is 28.4 Å². The number of allylic oxidation sites excluding steroid dienone is 1. The van der Waals surface area contributed by atoms with Crippen molar-refractivity contribution in [3.05, 3.63) is 82.8 Å². The van der Waals surface area contributed by atoms with E-state index in [-0.39, 0.29) is 41.8 Å². The van der Waals surface area contributed by atoms with Crippen LogP contribution in [0, 0.1) is 11.2 Å². The van der Waals surface area contributed by atoms with Gasteiger partial charge in [-0.15, -0.1) is 4.59 Å². The number of nitrogens with two attached hydrogens (primary N) is 1. The largest absolute Gasteiger partial charge is 0.416 e. The molecule has 1 aromatic carbocycles. The van der Waals surface area contributed by atoms with Crippen LogP contribution in [0.15, 0.2) is 70.3 Å². The second-order valence-corrected chi connectivity index (χ2v) is 10.8. The number of halogens is 4. The third-order valence-electron chi connectivity index (χ3n) is 7.64. The second kappa shape index (κ2) is 10.4. The molecule has 2 aromatic rings. The normalized spacial score (nSPS) is 24.4. The first-order valence-electron chi connectivity index (χ1n) is 13.2. The van der Waals surface area contributed by atoms with E-state index < -0.39 is 39.6 Å². The molecule has 4 aliphatic rings. The molecule has 43 heavy (non-hydrogen) atoms. The molecule has 4 aliphatic heterocycles. The number of hydrogen-bond donors (Lipinski definition) is 2. The predicted octanol–water partition coefficient (Wildman–Crippen LogP) is 2.97. The summed E-state index contributed by atoms with van der Waals surface area (Å²) in [6, 6.07) is 5.00. The number of ether oxygens (including phenoxy) is 2. The zero-order chi connectivity index (χ0) is 30.6. The first kappa shape index (κ1) is 28.8. The number of carbonyl (C=O) groups is 2. The van der Waals surface area contributed by atoms with Crippen molar-refractivity contribution in [2.45, 2.75) is 19.2 Å². The van der Waals surface area contributed by atoms with Gasteiger partial charge in [0.15, 0.2) is 0 Å². The van der Waals surface area contributed by atoms with Gasteiger partial charge in [-0.2, -0.15) is 24.0 Å². The van der Waals surface area contributed by atoms with Crippen LogP contribution in [-0.2, 0) is 20.4 Å². The van der Waals surface area contributed by atoms with Gasteiger partial charge in [0.25, 0.3) is 11.7 Å². The number of pyridine rings is 1. The Hall–Kier alpha value is -4.31. The Labute approximate surface area is 242 Å². The number of quaternary nitrogens is 1. The number of rotatable bonds is 5. The van der Waals surface area contributed by atoms with Crippen LogP contribution < -0.4 is 11.2 Å². The molecule has 2 amide bonds. The summed E-state index contributed by atoms with van der Waals surface area (Å²) in [4.78, 5) is 40.2. The molecule has 15 heteroatoms. The van der Waals surface area contributed by atoms with Gasteiger partial charge in [0.1, 0.15) is 29.6 Å². The highest BCUT2D eigenvalue weighted by Crippen LogP contribution is 2.36. The van der Waals surface area contributed by atoms with Gasteiger partial charge < -0.3 is 19.7 Å². The van der Waals surface area contributed by atoms with Gasteiger partial charge in [-0.25, -0.2) is 9.37 Å². The lowest BCUT2D eigenvalue weighted by atomic mass is 9.86. The van der Waals surface area contributed by atoms with E-state index in [0.717, 1.165) is 18.3 Å². The number of benzene rings is 1. The fraction of sp³-hybridized carbons (Fsp3) is 0.321. The molecule has 11 nitrogen and oxygen atoms in total. The van der Waals surface area contributed by atoms with E-state index in [1.807, 2.05) is 6.92 Å². The second-order valence-electron chi connectivity index (χ2n) is 10.8. The molecule has 2 saturated heterocycles. The topological polar surface area (TPSA) is 132 Å². The summed E-state index contributed by atoms with van der Waals surface area (Å²) in [7, 11) is 0. The monoisotopic (exact) mass is 600 g/mol. The number of hydrogen-bond acceptors (Lipinski definition) is 8. The Morgan fingerprint density at radius 2 is 2.00 bits per heavy atom. The molecule has 0 saturated carbocycles. The number of carbonyl (C=O) groups excluding carboxylic acids is 2. The molecular weight excluding hydrogens is 574 g/mol. The van der Waals surface area contributed by atoms with Crippen LogP contribution in [0.3, 0.4) is 0 Å². The number of nitrogens with one attached hydrogen (secondary N) is 1. The van der Waals surface area contributed by atoms with E-state index in [1.54, 1.807) is 4.90 Å². The standard InChI is InChI=1S/C28H25F4N7O4/c1-27(14-42-15-27)26(41)38-7-9-43-21(13-38)23-20-12-34-6-8-39(20,33)24(37-23)18-3-2-16(10-19(18)29)25(40)36-22-11-17(4-5-35-22)28(30,31)32/h2-6,8,10-12,21H,7,9,13-15,33H2,1H3/p+1/t21-,39?/m1/s1. The molecule has 1 unspecified atom stereocenters. The lowest BCUT2D eigenvalue weighted by Crippen LogP contribution is -2.57. The Morgan fingerprint density at radius 1 is 1.21 bits per heavy atom. The summed E-state index contributed by atoms with van der Waals surface area (Å²) in [5.41, 5.74) is -0.965. The molecule has 6 rings (SSSR count). The Bertz CT molecular complexity index is 1630. The average molecular weight is 601 g/mol. The van der Waals surface area contributed by atoms with Gasteiger partial charge in [-0.1, -0.05) is 0 Å². The Morgan fingerprint density at radius 3 is 2.70 bits per heavy atom. The zero-order valence-electron chi connectivity index (χ0n) is 22.8. The van der Waals surface area contributed by atoms with Crippen molar-refractivity contribution in [1.29, 1.82) is 0 Å². The van der Waals surface area contributed by atoms with Crippen LogP contribution in [0.2, 0.25) is 0 Å². The number of fused-ring (bicyclic) bond motifs is 1. The van der Waals surface area contributed by atoms with Crippen molar-refractivity contribution >= 4 is 29.7 Å². The molecule has 1 aromatic heterocycles. The molecule has 5 heterocycles. The number of aromatic nitrogens is 1. The molecule has 0 aliphatic carbocycles. The number of amides is 2. The van der Waals surface area contributed by atoms with Crippen molar-refractivity contribution < 1.29 is 41.2 Å². The highest BCUT2D eigenvalue weighted by atomic mass is 19.4. The van der Waals surface area contributed by atoms with E-state index in [9.17, 15) is 22.8 Å². The average Bonchev–Trinajstić information content (AvgIpc) is 3.28. The van der Waals surface area contributed by atoms with Crippen LogP contribution >= 0.6 is 0 Å². The predicted molar refractivity (Wildman–Crippen MR) is 144 cm³/mol. The number of alkyl halides is 3. The first-order chi connectivity index (χ1) is 20.4. The maximum absolute atomic E-state index is 15.6. The van der Waals surface area contributed by atoms with Crippen LogP contribution in [0.4, 0.5) is 23.4 Å². The molecule has 2 fully saturated rings. The van der Waals surface area contributed by atoms with Crippen LogP contribution in [0.25, 0.3) is 0 Å². The third kappa shape index (κ3) is 5.14. The van der Waals surface area contributed by atoms with Crippen LogP contribution in [0.5, 0.6) is 0 Å². The van der Waals surface area contributed by atoms with Gasteiger partial charge in [0.05, 0.1) is 55.3 Å². The highest BCUT2D eigenvalue weighted by molar-refractivity contribution is 6.05. The maximum Gasteiger partial charge on any atom is 0.416 e. The lowest BCUT2D eigenvalue weighted by molar-refractivity contribution is -0.750. The SMILES string of the molecule is CC1(C(=O)N2CCO[C@@H](C3=C4C=NC=C[N+]4(N)C(c4ccc(C(=O)Nc5cc(C(F)(F)F)ccn5)cc4F)=N3)C2)COC1. The summed E-state index contributed by atoms with van der Waals surface area (Å²) in [6.07, 6.45) is 0.0759. The third-order valence-corrected chi connectivity index (χ3v) is 7.64. The fourth-order valence-corrected chi connectivity index (χ4v) is 5.24. The van der Waals surface area contributed by atoms with Crippen LogP contribution in [-0.4, -0.2) is 77.4 Å².